The molecule has 3 aliphatic heterocycles. The first kappa shape index (κ1) is 16.1. The van der Waals surface area contributed by atoms with Gasteiger partial charge in [-0.2, -0.15) is 0 Å². The predicted octanol–water partition coefficient (Wildman–Crippen LogP) is 1.99. The summed E-state index contributed by atoms with van der Waals surface area (Å²) in [7, 11) is 2.15. The summed E-state index contributed by atoms with van der Waals surface area (Å²) in [4.78, 5) is 19.9. The van der Waals surface area contributed by atoms with Crippen molar-refractivity contribution in [1.29, 1.82) is 0 Å². The molecular weight excluding hydrogens is 298 g/mol. The van der Waals surface area contributed by atoms with Crippen LogP contribution < -0.4 is 0 Å². The van der Waals surface area contributed by atoms with E-state index >= 15 is 0 Å². The van der Waals surface area contributed by atoms with E-state index in [0.717, 1.165) is 65.0 Å². The Balaban J connectivity index is 1.34. The van der Waals surface area contributed by atoms with Crippen LogP contribution in [0.3, 0.4) is 0 Å². The molecule has 130 valence electrons. The number of carbonyl (C=O) groups is 1. The number of hydrogen-bond donors (Lipinski definition) is 0. The first-order valence-corrected chi connectivity index (χ1v) is 9.49. The van der Waals surface area contributed by atoms with Gasteiger partial charge in [-0.15, -0.1) is 0 Å². The molecule has 0 aliphatic carbocycles. The molecule has 4 nitrogen and oxygen atoms in total. The lowest BCUT2D eigenvalue weighted by molar-refractivity contribution is -0.136. The highest BCUT2D eigenvalue weighted by atomic mass is 16.2. The van der Waals surface area contributed by atoms with Crippen molar-refractivity contribution in [2.45, 2.75) is 38.3 Å². The van der Waals surface area contributed by atoms with Gasteiger partial charge < -0.3 is 9.80 Å². The molecular formula is C20H29N3O. The fourth-order valence-corrected chi connectivity index (χ4v) is 4.58. The van der Waals surface area contributed by atoms with Crippen LogP contribution in [-0.4, -0.2) is 66.4 Å². The highest BCUT2D eigenvalue weighted by molar-refractivity contribution is 5.79. The number of hydrogen-bond acceptors (Lipinski definition) is 3. The minimum Gasteiger partial charge on any atom is -0.341 e. The van der Waals surface area contributed by atoms with Crippen molar-refractivity contribution in [2.24, 2.45) is 5.92 Å². The Kier molecular flexibility index (Phi) is 4.59. The maximum atomic E-state index is 12.8. The lowest BCUT2D eigenvalue weighted by Crippen LogP contribution is -2.44. The number of fused-ring (bicyclic) bond motifs is 1. The van der Waals surface area contributed by atoms with Crippen LogP contribution in [0.1, 0.15) is 30.4 Å². The van der Waals surface area contributed by atoms with Gasteiger partial charge in [-0.1, -0.05) is 24.3 Å². The number of nitrogens with zero attached hydrogens (tertiary/aromatic N) is 3. The van der Waals surface area contributed by atoms with Crippen LogP contribution >= 0.6 is 0 Å². The molecule has 0 spiro atoms. The molecule has 4 rings (SSSR count). The second-order valence-corrected chi connectivity index (χ2v) is 7.79. The van der Waals surface area contributed by atoms with Gasteiger partial charge in [0, 0.05) is 38.1 Å². The standard InChI is InChI=1S/C20H29N3O/c1-21-10-6-17(7-11-21)20(24)23-13-9-19(15-23)22-12-8-16-4-2-3-5-18(16)14-22/h2-5,17,19H,6-15H2,1H3. The fraction of sp³-hybridized carbons (Fsp3) is 0.650. The zero-order valence-corrected chi connectivity index (χ0v) is 14.8. The van der Waals surface area contributed by atoms with Crippen LogP contribution in [-0.2, 0) is 17.8 Å². The molecule has 2 saturated heterocycles. The van der Waals surface area contributed by atoms with Gasteiger partial charge in [-0.05, 0) is 56.9 Å². The summed E-state index contributed by atoms with van der Waals surface area (Å²) in [5.41, 5.74) is 2.98. The Labute approximate surface area is 145 Å². The molecule has 0 bridgehead atoms. The van der Waals surface area contributed by atoms with Crippen LogP contribution in [0.25, 0.3) is 0 Å². The van der Waals surface area contributed by atoms with Gasteiger partial charge >= 0.3 is 0 Å². The van der Waals surface area contributed by atoms with Crippen molar-refractivity contribution in [1.82, 2.24) is 14.7 Å². The summed E-state index contributed by atoms with van der Waals surface area (Å²) in [5, 5.41) is 0. The van der Waals surface area contributed by atoms with Gasteiger partial charge in [-0.25, -0.2) is 0 Å². The fourth-order valence-electron chi connectivity index (χ4n) is 4.58. The monoisotopic (exact) mass is 327 g/mol. The van der Waals surface area contributed by atoms with Crippen LogP contribution in [0.15, 0.2) is 24.3 Å². The highest BCUT2D eigenvalue weighted by Crippen LogP contribution is 2.26. The average molecular weight is 327 g/mol. The van der Waals surface area contributed by atoms with Crippen LogP contribution in [0.4, 0.5) is 0 Å². The summed E-state index contributed by atoms with van der Waals surface area (Å²) in [6, 6.07) is 9.36. The molecule has 24 heavy (non-hydrogen) atoms. The molecule has 3 aliphatic rings. The van der Waals surface area contributed by atoms with Gasteiger partial charge in [-0.3, -0.25) is 9.69 Å². The van der Waals surface area contributed by atoms with Crippen LogP contribution in [0.5, 0.6) is 0 Å². The number of carbonyl (C=O) groups excluding carboxylic acids is 1. The van der Waals surface area contributed by atoms with Crippen molar-refractivity contribution in [2.75, 3.05) is 39.8 Å². The van der Waals surface area contributed by atoms with Gasteiger partial charge in [0.25, 0.3) is 0 Å². The Morgan fingerprint density at radius 2 is 1.75 bits per heavy atom. The van der Waals surface area contributed by atoms with Crippen LogP contribution in [0, 0.1) is 5.92 Å². The third-order valence-corrected chi connectivity index (χ3v) is 6.22. The first-order chi connectivity index (χ1) is 11.7. The van der Waals surface area contributed by atoms with Crippen molar-refractivity contribution >= 4 is 5.91 Å². The molecule has 0 N–H and O–H groups in total. The van der Waals surface area contributed by atoms with E-state index in [1.807, 2.05) is 0 Å². The van der Waals surface area contributed by atoms with Gasteiger partial charge in [0.05, 0.1) is 0 Å². The lowest BCUT2D eigenvalue weighted by Gasteiger charge is -2.34. The molecule has 1 amide bonds. The Hall–Kier alpha value is -1.39. The summed E-state index contributed by atoms with van der Waals surface area (Å²) >= 11 is 0. The zero-order valence-electron chi connectivity index (χ0n) is 14.8. The molecule has 4 heteroatoms. The number of benzene rings is 1. The Bertz CT molecular complexity index is 594. The minimum atomic E-state index is 0.266. The smallest absolute Gasteiger partial charge is 0.225 e. The third-order valence-electron chi connectivity index (χ3n) is 6.22. The Morgan fingerprint density at radius 1 is 1.00 bits per heavy atom. The SMILES string of the molecule is CN1CCC(C(=O)N2CCC(N3CCc4ccccc4C3)C2)CC1. The summed E-state index contributed by atoms with van der Waals surface area (Å²) in [6.45, 7) is 6.21. The van der Waals surface area contributed by atoms with E-state index in [0.29, 0.717) is 11.9 Å². The summed E-state index contributed by atoms with van der Waals surface area (Å²) in [5.74, 6) is 0.685. The van der Waals surface area contributed by atoms with E-state index < -0.39 is 0 Å². The van der Waals surface area contributed by atoms with Crippen molar-refractivity contribution in [3.05, 3.63) is 35.4 Å². The maximum Gasteiger partial charge on any atom is 0.225 e. The highest BCUT2D eigenvalue weighted by Gasteiger charge is 2.35. The molecule has 0 aromatic heterocycles. The maximum absolute atomic E-state index is 12.8. The van der Waals surface area contributed by atoms with Crippen LogP contribution in [0.2, 0.25) is 0 Å². The largest absolute Gasteiger partial charge is 0.341 e. The molecule has 3 heterocycles. The minimum absolute atomic E-state index is 0.266. The van der Waals surface area contributed by atoms with E-state index in [9.17, 15) is 4.79 Å². The van der Waals surface area contributed by atoms with E-state index in [-0.39, 0.29) is 5.92 Å². The molecule has 1 aromatic carbocycles. The average Bonchev–Trinajstić information content (AvgIpc) is 3.11. The number of piperidine rings is 1. The molecule has 2 fully saturated rings. The second-order valence-electron chi connectivity index (χ2n) is 7.79. The first-order valence-electron chi connectivity index (χ1n) is 9.49. The second kappa shape index (κ2) is 6.85. The normalized spacial score (nSPS) is 26.5. The van der Waals surface area contributed by atoms with E-state index in [1.54, 1.807) is 0 Å². The lowest BCUT2D eigenvalue weighted by atomic mass is 9.96. The van der Waals surface area contributed by atoms with Gasteiger partial charge in [0.15, 0.2) is 0 Å². The zero-order chi connectivity index (χ0) is 16.5. The third kappa shape index (κ3) is 3.22. The van der Waals surface area contributed by atoms with E-state index in [2.05, 4.69) is 46.0 Å². The quantitative estimate of drug-likeness (QED) is 0.831. The number of likely N-dealkylation sites (tertiary alicyclic amines) is 2. The molecule has 0 saturated carbocycles. The molecule has 1 atom stereocenters. The van der Waals surface area contributed by atoms with E-state index in [4.69, 9.17) is 0 Å². The van der Waals surface area contributed by atoms with Crippen molar-refractivity contribution in [3.8, 4) is 0 Å². The Morgan fingerprint density at radius 3 is 2.54 bits per heavy atom. The van der Waals surface area contributed by atoms with Crippen molar-refractivity contribution < 1.29 is 4.79 Å². The summed E-state index contributed by atoms with van der Waals surface area (Å²) < 4.78 is 0. The number of rotatable bonds is 2. The predicted molar refractivity (Wildman–Crippen MR) is 95.8 cm³/mol. The van der Waals surface area contributed by atoms with Gasteiger partial charge in [0.2, 0.25) is 5.91 Å². The number of amides is 1. The summed E-state index contributed by atoms with van der Waals surface area (Å²) in [6.07, 6.45) is 4.36. The molecule has 0 radical (unpaired) electrons. The molecule has 1 aromatic rings. The molecule has 1 unspecified atom stereocenters. The van der Waals surface area contributed by atoms with Gasteiger partial charge in [0.1, 0.15) is 0 Å². The van der Waals surface area contributed by atoms with E-state index in [1.165, 1.54) is 11.1 Å². The van der Waals surface area contributed by atoms with Crippen molar-refractivity contribution in [3.63, 3.8) is 0 Å². The topological polar surface area (TPSA) is 26.8 Å².